The Hall–Kier alpha value is -2.21. The molecule has 8 nitrogen and oxygen atoms in total. The zero-order valence-electron chi connectivity index (χ0n) is 15.6. The number of aliphatic hydroxyl groups is 1. The van der Waals surface area contributed by atoms with Gasteiger partial charge in [0.05, 0.1) is 23.4 Å². The zero-order chi connectivity index (χ0) is 20.1. The number of nitrogens with two attached hydrogens (primary N) is 1. The molecule has 0 spiro atoms. The molecular formula is C19H25ClN4O4. The number of hydrogen-bond donors (Lipinski definition) is 3. The molecule has 1 aromatic carbocycles. The Bertz CT molecular complexity index is 767. The summed E-state index contributed by atoms with van der Waals surface area (Å²) in [7, 11) is 0. The quantitative estimate of drug-likeness (QED) is 0.480. The monoisotopic (exact) mass is 408 g/mol. The highest BCUT2D eigenvalue weighted by atomic mass is 35.5. The van der Waals surface area contributed by atoms with Crippen LogP contribution in [0.4, 0.5) is 5.69 Å². The smallest absolute Gasteiger partial charge is 0.255 e. The van der Waals surface area contributed by atoms with Gasteiger partial charge in [-0.05, 0) is 32.0 Å². The summed E-state index contributed by atoms with van der Waals surface area (Å²) in [6.07, 6.45) is 1.57. The van der Waals surface area contributed by atoms with Crippen molar-refractivity contribution >= 4 is 23.2 Å². The Balaban J connectivity index is 1.58. The predicted octanol–water partition coefficient (Wildman–Crippen LogP) is 1.41. The number of nitrogen functional groups attached to an aromatic ring is 1. The maximum absolute atomic E-state index is 12.7. The summed E-state index contributed by atoms with van der Waals surface area (Å²) in [5, 5.41) is 22.1. The lowest BCUT2D eigenvalue weighted by Gasteiger charge is -2.36. The topological polar surface area (TPSA) is 121 Å². The van der Waals surface area contributed by atoms with Gasteiger partial charge in [0.1, 0.15) is 18.2 Å². The summed E-state index contributed by atoms with van der Waals surface area (Å²) >= 11 is 6.15. The number of amides is 1. The van der Waals surface area contributed by atoms with Gasteiger partial charge in [-0.2, -0.15) is 5.26 Å². The van der Waals surface area contributed by atoms with Crippen molar-refractivity contribution in [2.75, 3.05) is 45.1 Å². The lowest BCUT2D eigenvalue weighted by molar-refractivity contribution is 0.0219. The van der Waals surface area contributed by atoms with Crippen LogP contribution in [0.2, 0.25) is 5.02 Å². The summed E-state index contributed by atoms with van der Waals surface area (Å²) in [5.41, 5.74) is 6.43. The van der Waals surface area contributed by atoms with Crippen molar-refractivity contribution in [3.8, 4) is 17.6 Å². The molecule has 2 aliphatic rings. The molecule has 1 unspecified atom stereocenters. The second kappa shape index (κ2) is 9.32. The molecular weight excluding hydrogens is 384 g/mol. The number of nitrogens with zero attached hydrogens (tertiary/aromatic N) is 2. The molecule has 0 radical (unpaired) electrons. The van der Waals surface area contributed by atoms with Gasteiger partial charge in [0.15, 0.2) is 11.5 Å². The summed E-state index contributed by atoms with van der Waals surface area (Å²) in [5.74, 6) is 0.224. The molecule has 0 bridgehead atoms. The number of carbonyl (C=O) groups is 1. The van der Waals surface area contributed by atoms with Gasteiger partial charge in [0.2, 0.25) is 0 Å². The van der Waals surface area contributed by atoms with Crippen LogP contribution in [0.3, 0.4) is 0 Å². The van der Waals surface area contributed by atoms with Gasteiger partial charge in [-0.25, -0.2) is 0 Å². The number of nitrogens with one attached hydrogen (secondary N) is 1. The Morgan fingerprint density at radius 3 is 2.89 bits per heavy atom. The molecule has 28 heavy (non-hydrogen) atoms. The minimum Gasteiger partial charge on any atom is -0.485 e. The number of aliphatic hydroxyl groups excluding tert-OH is 1. The number of piperidine rings is 1. The maximum atomic E-state index is 12.7. The Morgan fingerprint density at radius 1 is 1.43 bits per heavy atom. The first-order chi connectivity index (χ1) is 13.5. The fourth-order valence-corrected chi connectivity index (χ4v) is 3.75. The Kier molecular flexibility index (Phi) is 6.83. The third kappa shape index (κ3) is 4.61. The molecule has 2 atom stereocenters. The van der Waals surface area contributed by atoms with Gasteiger partial charge < -0.3 is 30.5 Å². The molecule has 152 valence electrons. The second-order valence-electron chi connectivity index (χ2n) is 7.07. The minimum absolute atomic E-state index is 0.0335. The van der Waals surface area contributed by atoms with E-state index in [1.165, 1.54) is 6.07 Å². The largest absolute Gasteiger partial charge is 0.485 e. The molecule has 1 amide bonds. The fraction of sp³-hybridized carbons (Fsp3) is 0.579. The number of anilines is 1. The van der Waals surface area contributed by atoms with E-state index in [1.54, 1.807) is 0 Å². The number of halogens is 1. The first-order valence-electron chi connectivity index (χ1n) is 9.44. The van der Waals surface area contributed by atoms with Crippen LogP contribution in [0.1, 0.15) is 29.6 Å². The maximum Gasteiger partial charge on any atom is 0.255 e. The van der Waals surface area contributed by atoms with Gasteiger partial charge >= 0.3 is 0 Å². The van der Waals surface area contributed by atoms with Gasteiger partial charge in [-0.1, -0.05) is 11.6 Å². The molecule has 1 saturated heterocycles. The van der Waals surface area contributed by atoms with Gasteiger partial charge in [0.25, 0.3) is 5.91 Å². The summed E-state index contributed by atoms with van der Waals surface area (Å²) in [6.45, 7) is 3.21. The van der Waals surface area contributed by atoms with Crippen LogP contribution in [0.25, 0.3) is 0 Å². The fourth-order valence-electron chi connectivity index (χ4n) is 3.55. The molecule has 0 aliphatic carbocycles. The number of fused-ring (bicyclic) bond motifs is 1. The van der Waals surface area contributed by atoms with Crippen molar-refractivity contribution in [1.29, 1.82) is 5.26 Å². The molecule has 4 N–H and O–H groups in total. The van der Waals surface area contributed by atoms with E-state index in [-0.39, 0.29) is 28.1 Å². The van der Waals surface area contributed by atoms with E-state index in [0.29, 0.717) is 44.2 Å². The van der Waals surface area contributed by atoms with E-state index in [9.17, 15) is 9.90 Å². The summed E-state index contributed by atoms with van der Waals surface area (Å²) in [6, 6.07) is 3.62. The van der Waals surface area contributed by atoms with E-state index in [4.69, 9.17) is 32.1 Å². The number of unbranched alkanes of at least 4 members (excludes halogenated alkanes) is 1. The van der Waals surface area contributed by atoms with Gasteiger partial charge in [0, 0.05) is 25.4 Å². The van der Waals surface area contributed by atoms with Crippen LogP contribution in [-0.4, -0.2) is 61.4 Å². The van der Waals surface area contributed by atoms with Crippen LogP contribution in [0.15, 0.2) is 6.07 Å². The molecule has 3 rings (SSSR count). The van der Waals surface area contributed by atoms with Gasteiger partial charge in [-0.15, -0.1) is 0 Å². The Labute approximate surface area is 169 Å². The standard InChI is InChI=1S/C19H25ClN4O4/c20-16-14(22)9-13(17-18(16)28-8-7-27-17)19(26)23-10-12-3-6-24(11-15(12)25)5-2-1-4-21/h9,12,15,25H,1-3,5-8,10-11,22H2,(H,23,26)/t12-,15?/m0/s1. The lowest BCUT2D eigenvalue weighted by Crippen LogP contribution is -2.47. The highest BCUT2D eigenvalue weighted by molar-refractivity contribution is 6.35. The van der Waals surface area contributed by atoms with Crippen molar-refractivity contribution in [1.82, 2.24) is 10.2 Å². The number of carbonyl (C=O) groups excluding carboxylic acids is 1. The number of benzene rings is 1. The summed E-state index contributed by atoms with van der Waals surface area (Å²) in [4.78, 5) is 14.9. The number of likely N-dealkylation sites (tertiary alicyclic amines) is 1. The molecule has 9 heteroatoms. The zero-order valence-corrected chi connectivity index (χ0v) is 16.4. The van der Waals surface area contributed by atoms with Gasteiger partial charge in [-0.3, -0.25) is 4.79 Å². The molecule has 0 aromatic heterocycles. The molecule has 0 saturated carbocycles. The minimum atomic E-state index is -0.528. The number of hydrogen-bond acceptors (Lipinski definition) is 7. The highest BCUT2D eigenvalue weighted by Gasteiger charge is 2.29. The first-order valence-corrected chi connectivity index (χ1v) is 9.82. The number of rotatable bonds is 6. The average molecular weight is 409 g/mol. The summed E-state index contributed by atoms with van der Waals surface area (Å²) < 4.78 is 11.1. The average Bonchev–Trinajstić information content (AvgIpc) is 2.70. The van der Waals surface area contributed by atoms with Crippen LogP contribution in [-0.2, 0) is 0 Å². The van der Waals surface area contributed by atoms with E-state index < -0.39 is 6.10 Å². The third-order valence-electron chi connectivity index (χ3n) is 5.12. The molecule has 2 aliphatic heterocycles. The van der Waals surface area contributed by atoms with Crippen molar-refractivity contribution in [2.24, 2.45) is 5.92 Å². The van der Waals surface area contributed by atoms with E-state index in [1.807, 2.05) is 0 Å². The van der Waals surface area contributed by atoms with Crippen molar-refractivity contribution in [2.45, 2.75) is 25.4 Å². The number of ether oxygens (including phenoxy) is 2. The van der Waals surface area contributed by atoms with Crippen LogP contribution in [0.5, 0.6) is 11.5 Å². The highest BCUT2D eigenvalue weighted by Crippen LogP contribution is 2.43. The van der Waals surface area contributed by atoms with Crippen molar-refractivity contribution in [3.63, 3.8) is 0 Å². The van der Waals surface area contributed by atoms with E-state index >= 15 is 0 Å². The normalized spacial score (nSPS) is 21.8. The molecule has 1 aromatic rings. The van der Waals surface area contributed by atoms with Crippen molar-refractivity contribution < 1.29 is 19.4 Å². The first kappa shape index (κ1) is 20.5. The molecule has 1 fully saturated rings. The second-order valence-corrected chi connectivity index (χ2v) is 7.45. The third-order valence-corrected chi connectivity index (χ3v) is 5.51. The van der Waals surface area contributed by atoms with E-state index in [0.717, 1.165) is 25.9 Å². The molecule has 2 heterocycles. The van der Waals surface area contributed by atoms with E-state index in [2.05, 4.69) is 16.3 Å². The predicted molar refractivity (Wildman–Crippen MR) is 105 cm³/mol. The Morgan fingerprint density at radius 2 is 2.18 bits per heavy atom. The lowest BCUT2D eigenvalue weighted by atomic mass is 9.93. The van der Waals surface area contributed by atoms with Crippen LogP contribution in [0, 0.1) is 17.2 Å². The van der Waals surface area contributed by atoms with Crippen LogP contribution < -0.4 is 20.5 Å². The number of β-amino-alcohol motifs (C(OH)–C–C–N with tert-alkyl or cyclic N) is 1. The SMILES string of the molecule is N#CCCCN1CC[C@@H](CNC(=O)c2cc(N)c(Cl)c3c2OCCO3)C(O)C1. The van der Waals surface area contributed by atoms with Crippen molar-refractivity contribution in [3.05, 3.63) is 16.7 Å². The number of nitriles is 1. The van der Waals surface area contributed by atoms with Crippen LogP contribution >= 0.6 is 11.6 Å².